The zero-order chi connectivity index (χ0) is 11.4. The highest BCUT2D eigenvalue weighted by atomic mass is 16.3. The molecule has 0 saturated heterocycles. The maximum Gasteiger partial charge on any atom is 0.105 e. The van der Waals surface area contributed by atoms with Gasteiger partial charge in [0.15, 0.2) is 0 Å². The van der Waals surface area contributed by atoms with Crippen molar-refractivity contribution in [2.75, 3.05) is 0 Å². The van der Waals surface area contributed by atoms with Gasteiger partial charge in [-0.1, -0.05) is 54.6 Å². The van der Waals surface area contributed by atoms with Gasteiger partial charge in [0.25, 0.3) is 0 Å². The molecule has 0 saturated carbocycles. The van der Waals surface area contributed by atoms with Gasteiger partial charge in [-0.05, 0) is 12.0 Å². The molecule has 2 N–H and O–H groups in total. The van der Waals surface area contributed by atoms with E-state index in [4.69, 9.17) is 0 Å². The Bertz CT molecular complexity index is 381. The van der Waals surface area contributed by atoms with Crippen molar-refractivity contribution in [3.05, 3.63) is 60.2 Å². The van der Waals surface area contributed by atoms with Crippen molar-refractivity contribution in [1.29, 1.82) is 0 Å². The van der Waals surface area contributed by atoms with Crippen molar-refractivity contribution in [3.8, 4) is 0 Å². The van der Waals surface area contributed by atoms with Crippen LogP contribution in [0.2, 0.25) is 0 Å². The first-order chi connectivity index (χ1) is 7.79. The first-order valence-corrected chi connectivity index (χ1v) is 5.53. The van der Waals surface area contributed by atoms with Crippen molar-refractivity contribution < 1.29 is 10.2 Å². The molecule has 0 heterocycles. The molecule has 1 aromatic rings. The molecule has 1 aromatic carbocycles. The Kier molecular flexibility index (Phi) is 3.54. The van der Waals surface area contributed by atoms with Crippen molar-refractivity contribution in [3.63, 3.8) is 0 Å². The molecule has 3 unspecified atom stereocenters. The summed E-state index contributed by atoms with van der Waals surface area (Å²) in [5, 5.41) is 20.1. The molecule has 0 bridgehead atoms. The molecule has 2 rings (SSSR count). The standard InChI is InChI=1S/C14H16O2/c15-13(11-7-3-1-4-8-11)14(16)12-9-5-2-6-10-12/h1-9,12-16H,10H2. The maximum absolute atomic E-state index is 10.1. The minimum absolute atomic E-state index is 0.000191. The van der Waals surface area contributed by atoms with Crippen LogP contribution in [-0.4, -0.2) is 16.3 Å². The van der Waals surface area contributed by atoms with E-state index in [0.717, 1.165) is 12.0 Å². The average molecular weight is 216 g/mol. The molecule has 0 amide bonds. The summed E-state index contributed by atoms with van der Waals surface area (Å²) >= 11 is 0. The van der Waals surface area contributed by atoms with E-state index < -0.39 is 12.2 Å². The molecule has 2 nitrogen and oxygen atoms in total. The fourth-order valence-corrected chi connectivity index (χ4v) is 1.93. The van der Waals surface area contributed by atoms with E-state index in [1.807, 2.05) is 54.6 Å². The number of hydrogen-bond acceptors (Lipinski definition) is 2. The molecule has 0 aliphatic heterocycles. The Morgan fingerprint density at radius 2 is 1.81 bits per heavy atom. The fraction of sp³-hybridized carbons (Fsp3) is 0.286. The highest BCUT2D eigenvalue weighted by Crippen LogP contribution is 2.26. The Morgan fingerprint density at radius 1 is 1.06 bits per heavy atom. The molecule has 0 fully saturated rings. The molecule has 1 aliphatic carbocycles. The van der Waals surface area contributed by atoms with Crippen LogP contribution in [0.3, 0.4) is 0 Å². The minimum Gasteiger partial charge on any atom is -0.389 e. The number of hydrogen-bond donors (Lipinski definition) is 2. The average Bonchev–Trinajstić information content (AvgIpc) is 2.39. The van der Waals surface area contributed by atoms with Crippen LogP contribution in [0.25, 0.3) is 0 Å². The summed E-state index contributed by atoms with van der Waals surface area (Å²) < 4.78 is 0. The molecule has 3 atom stereocenters. The predicted octanol–water partition coefficient (Wildman–Crippen LogP) is 2.21. The molecular formula is C14H16O2. The third kappa shape index (κ3) is 2.40. The topological polar surface area (TPSA) is 40.5 Å². The molecule has 1 aliphatic rings. The van der Waals surface area contributed by atoms with E-state index in [-0.39, 0.29) is 5.92 Å². The van der Waals surface area contributed by atoms with E-state index in [1.165, 1.54) is 0 Å². The second kappa shape index (κ2) is 5.10. The SMILES string of the molecule is OC(c1ccccc1)C(O)C1C=CC=CC1. The molecule has 0 spiro atoms. The van der Waals surface area contributed by atoms with Gasteiger partial charge in [0.1, 0.15) is 6.10 Å². The maximum atomic E-state index is 10.1. The van der Waals surface area contributed by atoms with E-state index in [0.29, 0.717) is 0 Å². The van der Waals surface area contributed by atoms with Crippen molar-refractivity contribution in [2.24, 2.45) is 5.92 Å². The van der Waals surface area contributed by atoms with Gasteiger partial charge in [-0.2, -0.15) is 0 Å². The zero-order valence-corrected chi connectivity index (χ0v) is 9.03. The molecule has 84 valence electrons. The zero-order valence-electron chi connectivity index (χ0n) is 9.03. The largest absolute Gasteiger partial charge is 0.389 e. The van der Waals surface area contributed by atoms with Crippen molar-refractivity contribution in [1.82, 2.24) is 0 Å². The van der Waals surface area contributed by atoms with E-state index >= 15 is 0 Å². The van der Waals surface area contributed by atoms with Gasteiger partial charge in [0.2, 0.25) is 0 Å². The molecular weight excluding hydrogens is 200 g/mol. The fourth-order valence-electron chi connectivity index (χ4n) is 1.93. The molecule has 16 heavy (non-hydrogen) atoms. The van der Waals surface area contributed by atoms with Gasteiger partial charge in [-0.25, -0.2) is 0 Å². The van der Waals surface area contributed by atoms with Crippen LogP contribution >= 0.6 is 0 Å². The Morgan fingerprint density at radius 3 is 2.44 bits per heavy atom. The predicted molar refractivity (Wildman–Crippen MR) is 63.8 cm³/mol. The number of aliphatic hydroxyl groups is 2. The van der Waals surface area contributed by atoms with E-state index in [2.05, 4.69) is 0 Å². The lowest BCUT2D eigenvalue weighted by molar-refractivity contribution is -0.00631. The Hall–Kier alpha value is -1.38. The van der Waals surface area contributed by atoms with Gasteiger partial charge in [-0.3, -0.25) is 0 Å². The first-order valence-electron chi connectivity index (χ1n) is 5.53. The third-order valence-corrected chi connectivity index (χ3v) is 2.92. The number of aliphatic hydroxyl groups excluding tert-OH is 2. The van der Waals surface area contributed by atoms with Gasteiger partial charge < -0.3 is 10.2 Å². The molecule has 0 aromatic heterocycles. The van der Waals surface area contributed by atoms with Crippen LogP contribution in [0.5, 0.6) is 0 Å². The van der Waals surface area contributed by atoms with Gasteiger partial charge >= 0.3 is 0 Å². The van der Waals surface area contributed by atoms with E-state index in [1.54, 1.807) is 0 Å². The van der Waals surface area contributed by atoms with Crippen LogP contribution in [-0.2, 0) is 0 Å². The van der Waals surface area contributed by atoms with E-state index in [9.17, 15) is 10.2 Å². The summed E-state index contributed by atoms with van der Waals surface area (Å²) in [5.41, 5.74) is 0.762. The summed E-state index contributed by atoms with van der Waals surface area (Å²) in [6, 6.07) is 9.28. The second-order valence-electron chi connectivity index (χ2n) is 4.06. The monoisotopic (exact) mass is 216 g/mol. The lowest BCUT2D eigenvalue weighted by atomic mass is 9.89. The van der Waals surface area contributed by atoms with Gasteiger partial charge in [-0.15, -0.1) is 0 Å². The summed E-state index contributed by atoms with van der Waals surface area (Å²) in [6.07, 6.45) is 7.03. The summed E-state index contributed by atoms with van der Waals surface area (Å²) in [5.74, 6) is 0.000191. The summed E-state index contributed by atoms with van der Waals surface area (Å²) in [7, 11) is 0. The lowest BCUT2D eigenvalue weighted by Crippen LogP contribution is -2.26. The van der Waals surface area contributed by atoms with Crippen LogP contribution in [0, 0.1) is 5.92 Å². The summed E-state index contributed by atoms with van der Waals surface area (Å²) in [6.45, 7) is 0. The second-order valence-corrected chi connectivity index (χ2v) is 4.06. The highest BCUT2D eigenvalue weighted by molar-refractivity contribution is 5.20. The van der Waals surface area contributed by atoms with Crippen LogP contribution in [0.1, 0.15) is 18.1 Å². The number of rotatable bonds is 3. The van der Waals surface area contributed by atoms with Crippen molar-refractivity contribution in [2.45, 2.75) is 18.6 Å². The summed E-state index contributed by atoms with van der Waals surface area (Å²) in [4.78, 5) is 0. The lowest BCUT2D eigenvalue weighted by Gasteiger charge is -2.25. The van der Waals surface area contributed by atoms with Crippen LogP contribution in [0.15, 0.2) is 54.6 Å². The highest BCUT2D eigenvalue weighted by Gasteiger charge is 2.25. The number of allylic oxidation sites excluding steroid dienone is 3. The minimum atomic E-state index is -0.817. The quantitative estimate of drug-likeness (QED) is 0.813. The Balaban J connectivity index is 2.07. The Labute approximate surface area is 95.6 Å². The van der Waals surface area contributed by atoms with Gasteiger partial charge in [0.05, 0.1) is 6.10 Å². The van der Waals surface area contributed by atoms with Gasteiger partial charge in [0, 0.05) is 5.92 Å². The normalized spacial score (nSPS) is 23.0. The first kappa shape index (κ1) is 11.1. The molecule has 0 radical (unpaired) electrons. The smallest absolute Gasteiger partial charge is 0.105 e. The van der Waals surface area contributed by atoms with Crippen LogP contribution < -0.4 is 0 Å². The third-order valence-electron chi connectivity index (χ3n) is 2.92. The van der Waals surface area contributed by atoms with Crippen LogP contribution in [0.4, 0.5) is 0 Å². The molecule has 2 heteroatoms. The van der Waals surface area contributed by atoms with Crippen molar-refractivity contribution >= 4 is 0 Å². The number of benzene rings is 1.